The second-order valence-electron chi connectivity index (χ2n) is 3.96. The van der Waals surface area contributed by atoms with Crippen LogP contribution < -0.4 is 5.32 Å². The predicted molar refractivity (Wildman–Crippen MR) is 73.4 cm³/mol. The number of carbonyl (C=O) groups excluding carboxylic acids is 1. The maximum absolute atomic E-state index is 12.3. The summed E-state index contributed by atoms with van der Waals surface area (Å²) >= 11 is 0. The van der Waals surface area contributed by atoms with Gasteiger partial charge in [0.05, 0.1) is 13.2 Å². The van der Waals surface area contributed by atoms with E-state index in [9.17, 15) is 4.79 Å². The predicted octanol–water partition coefficient (Wildman–Crippen LogP) is 0.858. The van der Waals surface area contributed by atoms with E-state index in [-0.39, 0.29) is 5.91 Å². The minimum Gasteiger partial charge on any atom is -0.388 e. The number of hydrogen-bond acceptors (Lipinski definition) is 5. The van der Waals surface area contributed by atoms with Gasteiger partial charge in [-0.05, 0) is 12.1 Å². The highest BCUT2D eigenvalue weighted by atomic mass is 16.5. The molecule has 6 nitrogen and oxygen atoms in total. The number of rotatable bonds is 8. The molecule has 0 spiro atoms. The van der Waals surface area contributed by atoms with Crippen LogP contribution in [0.5, 0.6) is 0 Å². The van der Waals surface area contributed by atoms with Crippen LogP contribution in [0.25, 0.3) is 0 Å². The van der Waals surface area contributed by atoms with Gasteiger partial charge in [-0.1, -0.05) is 0 Å². The molecular formula is C13H21N3O3. The van der Waals surface area contributed by atoms with Crippen LogP contribution >= 0.6 is 0 Å². The van der Waals surface area contributed by atoms with E-state index in [1.807, 2.05) is 6.07 Å². The highest BCUT2D eigenvalue weighted by Crippen LogP contribution is 2.09. The van der Waals surface area contributed by atoms with E-state index in [4.69, 9.17) is 9.47 Å². The van der Waals surface area contributed by atoms with E-state index in [1.165, 1.54) is 0 Å². The first-order valence-corrected chi connectivity index (χ1v) is 6.14. The highest BCUT2D eigenvalue weighted by Gasteiger charge is 2.16. The first-order valence-electron chi connectivity index (χ1n) is 6.14. The van der Waals surface area contributed by atoms with Gasteiger partial charge in [-0.3, -0.25) is 9.78 Å². The van der Waals surface area contributed by atoms with Crippen LogP contribution in [0, 0.1) is 0 Å². The summed E-state index contributed by atoms with van der Waals surface area (Å²) in [6.07, 6.45) is 1.61. The molecule has 106 valence electrons. The molecule has 6 heteroatoms. The lowest BCUT2D eigenvalue weighted by Crippen LogP contribution is -2.36. The zero-order chi connectivity index (χ0) is 14.1. The second-order valence-corrected chi connectivity index (χ2v) is 3.96. The molecule has 1 rings (SSSR count). The van der Waals surface area contributed by atoms with Gasteiger partial charge in [-0.15, -0.1) is 0 Å². The molecular weight excluding hydrogens is 246 g/mol. The molecule has 0 saturated heterocycles. The summed E-state index contributed by atoms with van der Waals surface area (Å²) in [6, 6.07) is 3.54. The Labute approximate surface area is 113 Å². The molecule has 0 unspecified atom stereocenters. The molecule has 1 aromatic heterocycles. The number of aromatic nitrogens is 1. The van der Waals surface area contributed by atoms with Gasteiger partial charge < -0.3 is 19.7 Å². The van der Waals surface area contributed by atoms with E-state index in [0.29, 0.717) is 32.0 Å². The van der Waals surface area contributed by atoms with E-state index in [1.54, 1.807) is 38.4 Å². The molecule has 0 radical (unpaired) electrons. The number of methoxy groups -OCH3 is 2. The number of anilines is 1. The number of nitrogens with zero attached hydrogens (tertiary/aromatic N) is 2. The van der Waals surface area contributed by atoms with Crippen molar-refractivity contribution in [1.82, 2.24) is 9.88 Å². The molecule has 0 bridgehead atoms. The molecule has 1 heterocycles. The summed E-state index contributed by atoms with van der Waals surface area (Å²) in [5, 5.41) is 2.99. The summed E-state index contributed by atoms with van der Waals surface area (Å²) in [4.78, 5) is 18.1. The van der Waals surface area contributed by atoms with Crippen molar-refractivity contribution in [3.8, 4) is 0 Å². The van der Waals surface area contributed by atoms with Crippen LogP contribution in [0.1, 0.15) is 10.5 Å². The molecule has 0 aliphatic carbocycles. The quantitative estimate of drug-likeness (QED) is 0.757. The van der Waals surface area contributed by atoms with Crippen molar-refractivity contribution < 1.29 is 14.3 Å². The molecule has 1 aromatic rings. The topological polar surface area (TPSA) is 63.7 Å². The minimum atomic E-state index is -0.119. The second kappa shape index (κ2) is 8.44. The third-order valence-electron chi connectivity index (χ3n) is 2.69. The fraction of sp³-hybridized carbons (Fsp3) is 0.538. The van der Waals surface area contributed by atoms with Gasteiger partial charge in [-0.25, -0.2) is 0 Å². The largest absolute Gasteiger partial charge is 0.388 e. The zero-order valence-electron chi connectivity index (χ0n) is 11.7. The molecule has 19 heavy (non-hydrogen) atoms. The summed E-state index contributed by atoms with van der Waals surface area (Å²) < 4.78 is 10.0. The third-order valence-corrected chi connectivity index (χ3v) is 2.69. The van der Waals surface area contributed by atoms with Crippen LogP contribution in [0.2, 0.25) is 0 Å². The van der Waals surface area contributed by atoms with Crippen LogP contribution in [0.4, 0.5) is 5.69 Å². The maximum atomic E-state index is 12.3. The van der Waals surface area contributed by atoms with Crippen molar-refractivity contribution in [1.29, 1.82) is 0 Å². The van der Waals surface area contributed by atoms with E-state index < -0.39 is 0 Å². The average molecular weight is 267 g/mol. The Morgan fingerprint density at radius 1 is 1.32 bits per heavy atom. The van der Waals surface area contributed by atoms with Crippen molar-refractivity contribution >= 4 is 11.6 Å². The van der Waals surface area contributed by atoms with E-state index >= 15 is 0 Å². The summed E-state index contributed by atoms with van der Waals surface area (Å²) in [5.74, 6) is -0.119. The van der Waals surface area contributed by atoms with Crippen molar-refractivity contribution in [3.05, 3.63) is 24.0 Å². The molecule has 0 aliphatic rings. The number of ether oxygens (including phenoxy) is 2. The average Bonchev–Trinajstić information content (AvgIpc) is 2.47. The van der Waals surface area contributed by atoms with Crippen LogP contribution in [-0.2, 0) is 9.47 Å². The molecule has 0 fully saturated rings. The van der Waals surface area contributed by atoms with Gasteiger partial charge >= 0.3 is 0 Å². The van der Waals surface area contributed by atoms with Crippen LogP contribution in [-0.4, -0.2) is 63.4 Å². The number of pyridine rings is 1. The van der Waals surface area contributed by atoms with Gasteiger partial charge in [0.15, 0.2) is 0 Å². The molecule has 0 aromatic carbocycles. The van der Waals surface area contributed by atoms with Crippen molar-refractivity contribution in [3.63, 3.8) is 0 Å². The lowest BCUT2D eigenvalue weighted by atomic mass is 10.2. The number of amides is 1. The summed E-state index contributed by atoms with van der Waals surface area (Å²) in [7, 11) is 5.02. The molecule has 0 atom stereocenters. The summed E-state index contributed by atoms with van der Waals surface area (Å²) in [5.41, 5.74) is 1.27. The van der Waals surface area contributed by atoms with Gasteiger partial charge in [0.2, 0.25) is 0 Å². The third kappa shape index (κ3) is 4.84. The fourth-order valence-corrected chi connectivity index (χ4v) is 1.58. The molecule has 0 saturated carbocycles. The maximum Gasteiger partial charge on any atom is 0.272 e. The monoisotopic (exact) mass is 267 g/mol. The number of hydrogen-bond donors (Lipinski definition) is 1. The Hall–Kier alpha value is -1.66. The smallest absolute Gasteiger partial charge is 0.272 e. The highest BCUT2D eigenvalue weighted by molar-refractivity contribution is 5.93. The van der Waals surface area contributed by atoms with Crippen molar-refractivity contribution in [2.45, 2.75) is 0 Å². The minimum absolute atomic E-state index is 0.119. The zero-order valence-corrected chi connectivity index (χ0v) is 11.7. The van der Waals surface area contributed by atoms with E-state index in [2.05, 4.69) is 10.3 Å². The normalized spacial score (nSPS) is 10.3. The Balaban J connectivity index is 2.77. The Kier molecular flexibility index (Phi) is 6.84. The number of carbonyl (C=O) groups is 1. The SMILES string of the molecule is CNc1ccnc(C(=O)N(CCOC)CCOC)c1. The van der Waals surface area contributed by atoms with Crippen LogP contribution in [0.3, 0.4) is 0 Å². The standard InChI is InChI=1S/C13H21N3O3/c1-14-11-4-5-15-12(10-11)13(17)16(6-8-18-2)7-9-19-3/h4-5,10H,6-9H2,1-3H3,(H,14,15). The van der Waals surface area contributed by atoms with Crippen molar-refractivity contribution in [2.75, 3.05) is 52.9 Å². The van der Waals surface area contributed by atoms with Gasteiger partial charge in [0.1, 0.15) is 5.69 Å². The molecule has 1 amide bonds. The number of nitrogens with one attached hydrogen (secondary N) is 1. The molecule has 0 aliphatic heterocycles. The molecule has 1 N–H and O–H groups in total. The first kappa shape index (κ1) is 15.4. The lowest BCUT2D eigenvalue weighted by Gasteiger charge is -2.21. The van der Waals surface area contributed by atoms with Crippen LogP contribution in [0.15, 0.2) is 18.3 Å². The Bertz CT molecular complexity index is 390. The van der Waals surface area contributed by atoms with Crippen molar-refractivity contribution in [2.24, 2.45) is 0 Å². The van der Waals surface area contributed by atoms with Gasteiger partial charge in [0.25, 0.3) is 5.91 Å². The lowest BCUT2D eigenvalue weighted by molar-refractivity contribution is 0.0622. The summed E-state index contributed by atoms with van der Waals surface area (Å²) in [6.45, 7) is 2.01. The Morgan fingerprint density at radius 3 is 2.47 bits per heavy atom. The van der Waals surface area contributed by atoms with Gasteiger partial charge in [-0.2, -0.15) is 0 Å². The van der Waals surface area contributed by atoms with E-state index in [0.717, 1.165) is 5.69 Å². The first-order chi connectivity index (χ1) is 9.22. The van der Waals surface area contributed by atoms with Gasteiger partial charge in [0, 0.05) is 46.2 Å². The Morgan fingerprint density at radius 2 is 1.95 bits per heavy atom. The fourth-order valence-electron chi connectivity index (χ4n) is 1.58.